The van der Waals surface area contributed by atoms with Crippen molar-refractivity contribution in [1.82, 2.24) is 4.57 Å². The summed E-state index contributed by atoms with van der Waals surface area (Å²) < 4.78 is 5.16. The zero-order valence-electron chi connectivity index (χ0n) is 32.4. The molecule has 2 aliphatic carbocycles. The maximum Gasteiger partial charge on any atom is 0.0727 e. The Morgan fingerprint density at radius 2 is 1.03 bits per heavy atom. The number of aromatic nitrogens is 1. The average molecular weight is 779 g/mol. The predicted octanol–water partition coefficient (Wildman–Crippen LogP) is 15.6. The second-order valence-electron chi connectivity index (χ2n) is 16.4. The van der Waals surface area contributed by atoms with Gasteiger partial charge in [-0.15, -0.1) is 11.3 Å². The number of thiophene rings is 1. The van der Waals surface area contributed by atoms with Crippen molar-refractivity contribution in [2.24, 2.45) is 0 Å². The summed E-state index contributed by atoms with van der Waals surface area (Å²) in [7, 11) is 0. The number of anilines is 3. The van der Waals surface area contributed by atoms with E-state index < -0.39 is 5.41 Å². The van der Waals surface area contributed by atoms with Gasteiger partial charge in [-0.1, -0.05) is 140 Å². The molecule has 10 aromatic carbocycles. The highest BCUT2D eigenvalue weighted by Crippen LogP contribution is 2.63. The zero-order chi connectivity index (χ0) is 39.1. The van der Waals surface area contributed by atoms with E-state index in [1.807, 2.05) is 11.3 Å². The SMILES string of the molecule is c1ccc(N(c2cc3c4c(ccc5c4c4c(cccc4n5-c4cccc5ccccc45)C34c3ccccc3-c3ccccc34)c2)c2ccc3sc4ccccc4c3c2)cc1. The van der Waals surface area contributed by atoms with Crippen LogP contribution in [0.4, 0.5) is 17.1 Å². The largest absolute Gasteiger partial charge is 0.310 e. The Morgan fingerprint density at radius 3 is 1.88 bits per heavy atom. The van der Waals surface area contributed by atoms with Gasteiger partial charge in [0, 0.05) is 53.4 Å². The lowest BCUT2D eigenvalue weighted by Gasteiger charge is -2.39. The molecular weight excluding hydrogens is 745 g/mol. The van der Waals surface area contributed by atoms with Gasteiger partial charge in [0.05, 0.1) is 22.1 Å². The summed E-state index contributed by atoms with van der Waals surface area (Å²) in [6, 6.07) is 77.4. The van der Waals surface area contributed by atoms with Crippen molar-refractivity contribution in [3.05, 3.63) is 229 Å². The molecule has 0 aliphatic heterocycles. The Kier molecular flexibility index (Phi) is 6.40. The van der Waals surface area contributed by atoms with E-state index in [-0.39, 0.29) is 0 Å². The van der Waals surface area contributed by atoms with Gasteiger partial charge < -0.3 is 9.47 Å². The molecule has 0 saturated heterocycles. The molecule has 0 radical (unpaired) electrons. The highest BCUT2D eigenvalue weighted by Gasteiger charge is 2.50. The van der Waals surface area contributed by atoms with Gasteiger partial charge in [-0.3, -0.25) is 0 Å². The second-order valence-corrected chi connectivity index (χ2v) is 17.5. The zero-order valence-corrected chi connectivity index (χ0v) is 33.2. The van der Waals surface area contributed by atoms with Gasteiger partial charge in [0.25, 0.3) is 0 Å². The molecule has 0 bridgehead atoms. The summed E-state index contributed by atoms with van der Waals surface area (Å²) in [6.07, 6.45) is 0. The number of nitrogens with zero attached hydrogens (tertiary/aromatic N) is 2. The molecular formula is C57H34N2S. The van der Waals surface area contributed by atoms with Crippen molar-refractivity contribution in [3.63, 3.8) is 0 Å². The Bertz CT molecular complexity index is 3740. The molecule has 2 aromatic heterocycles. The van der Waals surface area contributed by atoms with Crippen LogP contribution in [0.2, 0.25) is 0 Å². The van der Waals surface area contributed by atoms with E-state index in [0.29, 0.717) is 0 Å². The number of hydrogen-bond donors (Lipinski definition) is 0. The number of fused-ring (bicyclic) bond motifs is 11. The molecule has 0 saturated carbocycles. The van der Waals surface area contributed by atoms with Crippen LogP contribution in [-0.4, -0.2) is 4.57 Å². The number of benzene rings is 10. The molecule has 2 aliphatic rings. The van der Waals surface area contributed by atoms with Gasteiger partial charge >= 0.3 is 0 Å². The van der Waals surface area contributed by atoms with E-state index in [1.165, 1.54) is 103 Å². The summed E-state index contributed by atoms with van der Waals surface area (Å²) >= 11 is 1.87. The van der Waals surface area contributed by atoms with Gasteiger partial charge in [-0.25, -0.2) is 0 Å². The van der Waals surface area contributed by atoms with Crippen molar-refractivity contribution >= 4 is 91.9 Å². The average Bonchev–Trinajstić information content (AvgIpc) is 3.95. The fourth-order valence-electron chi connectivity index (χ4n) is 11.2. The summed E-state index contributed by atoms with van der Waals surface area (Å²) in [5.74, 6) is 0. The van der Waals surface area contributed by atoms with Crippen LogP contribution >= 0.6 is 11.3 Å². The van der Waals surface area contributed by atoms with Crippen LogP contribution in [0, 0.1) is 0 Å². The van der Waals surface area contributed by atoms with Gasteiger partial charge in [-0.2, -0.15) is 0 Å². The van der Waals surface area contributed by atoms with Gasteiger partial charge in [-0.05, 0) is 116 Å². The smallest absolute Gasteiger partial charge is 0.0727 e. The molecule has 1 spiro atoms. The highest BCUT2D eigenvalue weighted by atomic mass is 32.1. The molecule has 14 rings (SSSR count). The van der Waals surface area contributed by atoms with Crippen molar-refractivity contribution in [1.29, 1.82) is 0 Å². The molecule has 3 heteroatoms. The topological polar surface area (TPSA) is 8.17 Å². The minimum Gasteiger partial charge on any atom is -0.310 e. The van der Waals surface area contributed by atoms with Crippen LogP contribution in [0.3, 0.4) is 0 Å². The Labute approximate surface area is 350 Å². The third-order valence-electron chi connectivity index (χ3n) is 13.5. The molecule has 0 atom stereocenters. The van der Waals surface area contributed by atoms with E-state index in [4.69, 9.17) is 0 Å². The van der Waals surface area contributed by atoms with Crippen molar-refractivity contribution in [2.45, 2.75) is 5.41 Å². The third-order valence-corrected chi connectivity index (χ3v) is 14.7. The van der Waals surface area contributed by atoms with Crippen LogP contribution in [0.1, 0.15) is 22.3 Å². The Balaban J connectivity index is 1.15. The van der Waals surface area contributed by atoms with Crippen LogP contribution in [0.15, 0.2) is 206 Å². The molecule has 278 valence electrons. The van der Waals surface area contributed by atoms with Gasteiger partial charge in [0.15, 0.2) is 0 Å². The quantitative estimate of drug-likeness (QED) is 0.173. The minimum absolute atomic E-state index is 0.553. The Hall–Kier alpha value is -7.46. The number of para-hydroxylation sites is 1. The first-order chi connectivity index (χ1) is 29.8. The van der Waals surface area contributed by atoms with E-state index in [2.05, 4.69) is 216 Å². The lowest BCUT2D eigenvalue weighted by molar-refractivity contribution is 0.783. The standard InChI is InChI=1S/C57H34N2S/c1-2-16-37(17-3-1)58(38-29-31-53-44(33-38)43-21-8-11-27-52(43)60-53)39-32-36-28-30-51-56-54(36)48(34-39)57(45-22-9-6-19-41(45)42-20-7-10-23-46(42)57)47-24-13-26-50(55(47)56)59(51)49-25-12-15-35-14-4-5-18-40(35)49/h1-34H. The molecule has 0 amide bonds. The van der Waals surface area contributed by atoms with E-state index in [0.717, 1.165) is 17.1 Å². The van der Waals surface area contributed by atoms with E-state index >= 15 is 0 Å². The monoisotopic (exact) mass is 778 g/mol. The second kappa shape index (κ2) is 11.8. The van der Waals surface area contributed by atoms with Crippen LogP contribution in [-0.2, 0) is 5.41 Å². The first-order valence-electron chi connectivity index (χ1n) is 20.8. The first-order valence-corrected chi connectivity index (χ1v) is 21.6. The number of rotatable bonds is 4. The number of hydrogen-bond acceptors (Lipinski definition) is 2. The molecule has 0 fully saturated rings. The summed E-state index contributed by atoms with van der Waals surface area (Å²) in [5.41, 5.74) is 14.5. The van der Waals surface area contributed by atoms with Crippen molar-refractivity contribution < 1.29 is 0 Å². The van der Waals surface area contributed by atoms with E-state index in [1.54, 1.807) is 0 Å². The summed E-state index contributed by atoms with van der Waals surface area (Å²) in [4.78, 5) is 2.48. The van der Waals surface area contributed by atoms with Gasteiger partial charge in [0.1, 0.15) is 0 Å². The molecule has 60 heavy (non-hydrogen) atoms. The molecule has 2 nitrogen and oxygen atoms in total. The normalized spacial score (nSPS) is 13.5. The van der Waals surface area contributed by atoms with Crippen LogP contribution < -0.4 is 4.90 Å². The molecule has 0 unspecified atom stereocenters. The maximum absolute atomic E-state index is 2.54. The Morgan fingerprint density at radius 1 is 0.367 bits per heavy atom. The molecule has 12 aromatic rings. The summed E-state index contributed by atoms with van der Waals surface area (Å²) in [5, 5.41) is 10.3. The summed E-state index contributed by atoms with van der Waals surface area (Å²) in [6.45, 7) is 0. The lowest BCUT2D eigenvalue weighted by Crippen LogP contribution is -2.31. The van der Waals surface area contributed by atoms with Crippen molar-refractivity contribution in [2.75, 3.05) is 4.90 Å². The van der Waals surface area contributed by atoms with Gasteiger partial charge in [0.2, 0.25) is 0 Å². The van der Waals surface area contributed by atoms with E-state index in [9.17, 15) is 0 Å². The molecule has 2 heterocycles. The fourth-order valence-corrected chi connectivity index (χ4v) is 12.3. The van der Waals surface area contributed by atoms with Crippen LogP contribution in [0.25, 0.3) is 80.3 Å². The van der Waals surface area contributed by atoms with Crippen molar-refractivity contribution in [3.8, 4) is 16.8 Å². The molecule has 0 N–H and O–H groups in total. The predicted molar refractivity (Wildman–Crippen MR) is 254 cm³/mol. The first kappa shape index (κ1) is 32.5. The van der Waals surface area contributed by atoms with Crippen LogP contribution in [0.5, 0.6) is 0 Å². The maximum atomic E-state index is 2.54. The third kappa shape index (κ3) is 4.07. The fraction of sp³-hybridized carbons (Fsp3) is 0.0175. The minimum atomic E-state index is -0.553. The lowest BCUT2D eigenvalue weighted by atomic mass is 9.63. The highest BCUT2D eigenvalue weighted by molar-refractivity contribution is 7.25.